The van der Waals surface area contributed by atoms with Crippen LogP contribution < -0.4 is 20.9 Å². The molecule has 0 aromatic carbocycles. The molecule has 27 heavy (non-hydrogen) atoms. The van der Waals surface area contributed by atoms with E-state index in [1.165, 1.54) is 5.56 Å². The molecule has 0 saturated carbocycles. The van der Waals surface area contributed by atoms with Crippen molar-refractivity contribution in [2.45, 2.75) is 39.3 Å². The van der Waals surface area contributed by atoms with Gasteiger partial charge in [-0.15, -0.1) is 0 Å². The van der Waals surface area contributed by atoms with E-state index in [1.807, 2.05) is 25.1 Å². The number of pyridine rings is 1. The van der Waals surface area contributed by atoms with Crippen LogP contribution in [0, 0.1) is 6.92 Å². The highest BCUT2D eigenvalue weighted by molar-refractivity contribution is 5.71. The third-order valence-corrected chi connectivity index (χ3v) is 4.80. The molecule has 8 heteroatoms. The molecule has 0 aliphatic carbocycles. The molecule has 0 unspecified atom stereocenters. The molecular weight excluding hydrogens is 342 g/mol. The van der Waals surface area contributed by atoms with Gasteiger partial charge in [-0.05, 0) is 44.4 Å². The Kier molecular flexibility index (Phi) is 6.05. The second-order valence-electron chi connectivity index (χ2n) is 6.77. The average molecular weight is 369 g/mol. The summed E-state index contributed by atoms with van der Waals surface area (Å²) >= 11 is 0. The first kappa shape index (κ1) is 18.9. The van der Waals surface area contributed by atoms with E-state index >= 15 is 0 Å². The Bertz CT molecular complexity index is 768. The van der Waals surface area contributed by atoms with Gasteiger partial charge in [0.1, 0.15) is 5.82 Å². The second-order valence-corrected chi connectivity index (χ2v) is 6.77. The minimum atomic E-state index is -0.498. The van der Waals surface area contributed by atoms with Crippen molar-refractivity contribution < 1.29 is 4.79 Å². The lowest BCUT2D eigenvalue weighted by molar-refractivity contribution is 0.248. The molecular formula is C19H27N7O. The predicted molar refractivity (Wildman–Crippen MR) is 106 cm³/mol. The summed E-state index contributed by atoms with van der Waals surface area (Å²) in [6.45, 7) is 7.10. The molecule has 2 aromatic heterocycles. The number of nitrogens with two attached hydrogens (primary N) is 1. The van der Waals surface area contributed by atoms with E-state index in [2.05, 4.69) is 32.0 Å². The first-order chi connectivity index (χ1) is 13.1. The highest BCUT2D eigenvalue weighted by Gasteiger charge is 2.27. The Morgan fingerprint density at radius 1 is 1.37 bits per heavy atom. The molecule has 0 bridgehead atoms. The molecule has 0 spiro atoms. The molecule has 3 heterocycles. The van der Waals surface area contributed by atoms with Crippen molar-refractivity contribution in [2.75, 3.05) is 29.4 Å². The molecule has 144 valence electrons. The SMILES string of the molecule is CCN(Cc1ccncc1)c1cc(C)nc(N2CCC[C@H]2CNC(N)=O)n1. The fraction of sp³-hybridized carbons (Fsp3) is 0.474. The number of aromatic nitrogens is 3. The molecule has 3 rings (SSSR count). The van der Waals surface area contributed by atoms with Crippen molar-refractivity contribution >= 4 is 17.8 Å². The Morgan fingerprint density at radius 3 is 2.85 bits per heavy atom. The average Bonchev–Trinajstić information content (AvgIpc) is 3.13. The Labute approximate surface area is 159 Å². The summed E-state index contributed by atoms with van der Waals surface area (Å²) in [6, 6.07) is 5.72. The molecule has 2 aromatic rings. The summed E-state index contributed by atoms with van der Waals surface area (Å²) in [7, 11) is 0. The van der Waals surface area contributed by atoms with E-state index in [0.29, 0.717) is 12.5 Å². The van der Waals surface area contributed by atoms with Gasteiger partial charge in [0.15, 0.2) is 0 Å². The maximum Gasteiger partial charge on any atom is 0.312 e. The predicted octanol–water partition coefficient (Wildman–Crippen LogP) is 1.84. The maximum atomic E-state index is 11.1. The van der Waals surface area contributed by atoms with Gasteiger partial charge in [0.05, 0.1) is 0 Å². The van der Waals surface area contributed by atoms with Gasteiger partial charge in [0, 0.05) is 56.4 Å². The fourth-order valence-electron chi connectivity index (χ4n) is 3.42. The number of anilines is 2. The number of urea groups is 1. The van der Waals surface area contributed by atoms with Crippen LogP contribution in [0.2, 0.25) is 0 Å². The van der Waals surface area contributed by atoms with Crippen molar-refractivity contribution in [3.8, 4) is 0 Å². The minimum Gasteiger partial charge on any atom is -0.352 e. The number of carbonyl (C=O) groups excluding carboxylic acids is 1. The Balaban J connectivity index is 1.81. The monoisotopic (exact) mass is 369 g/mol. The topological polar surface area (TPSA) is 100 Å². The zero-order chi connectivity index (χ0) is 19.2. The first-order valence-electron chi connectivity index (χ1n) is 9.36. The summed E-state index contributed by atoms with van der Waals surface area (Å²) in [6.07, 6.45) is 5.65. The number of aryl methyl sites for hydroxylation is 1. The lowest BCUT2D eigenvalue weighted by Gasteiger charge is -2.27. The molecule has 2 amide bonds. The van der Waals surface area contributed by atoms with Gasteiger partial charge in [-0.1, -0.05) is 0 Å². The van der Waals surface area contributed by atoms with E-state index in [0.717, 1.165) is 44.0 Å². The Morgan fingerprint density at radius 2 is 2.15 bits per heavy atom. The van der Waals surface area contributed by atoms with E-state index in [9.17, 15) is 4.79 Å². The van der Waals surface area contributed by atoms with Crippen LogP contribution in [0.1, 0.15) is 31.0 Å². The molecule has 0 radical (unpaired) electrons. The summed E-state index contributed by atoms with van der Waals surface area (Å²) in [5, 5.41) is 2.71. The molecule has 3 N–H and O–H groups in total. The summed E-state index contributed by atoms with van der Waals surface area (Å²) in [5.74, 6) is 1.62. The molecule has 1 aliphatic heterocycles. The van der Waals surface area contributed by atoms with Crippen LogP contribution in [0.3, 0.4) is 0 Å². The van der Waals surface area contributed by atoms with Gasteiger partial charge in [-0.2, -0.15) is 4.98 Å². The molecule has 8 nitrogen and oxygen atoms in total. The van der Waals surface area contributed by atoms with Crippen LogP contribution in [-0.2, 0) is 6.54 Å². The summed E-state index contributed by atoms with van der Waals surface area (Å²) in [4.78, 5) is 29.0. The van der Waals surface area contributed by atoms with Crippen LogP contribution in [0.5, 0.6) is 0 Å². The lowest BCUT2D eigenvalue weighted by atomic mass is 10.2. The number of carbonyl (C=O) groups is 1. The van der Waals surface area contributed by atoms with Gasteiger partial charge >= 0.3 is 6.03 Å². The van der Waals surface area contributed by atoms with Gasteiger partial charge < -0.3 is 20.9 Å². The molecule has 1 fully saturated rings. The van der Waals surface area contributed by atoms with Crippen molar-refractivity contribution in [2.24, 2.45) is 5.73 Å². The smallest absolute Gasteiger partial charge is 0.312 e. The van der Waals surface area contributed by atoms with Crippen molar-refractivity contribution in [3.63, 3.8) is 0 Å². The van der Waals surface area contributed by atoms with Crippen LogP contribution in [-0.4, -0.2) is 46.7 Å². The summed E-state index contributed by atoms with van der Waals surface area (Å²) < 4.78 is 0. The van der Waals surface area contributed by atoms with Crippen LogP contribution in [0.15, 0.2) is 30.6 Å². The van der Waals surface area contributed by atoms with Gasteiger partial charge in [0.25, 0.3) is 0 Å². The zero-order valence-corrected chi connectivity index (χ0v) is 15.9. The molecule has 1 aliphatic rings. The quantitative estimate of drug-likeness (QED) is 0.772. The molecule has 1 atom stereocenters. The third kappa shape index (κ3) is 4.84. The van der Waals surface area contributed by atoms with E-state index in [1.54, 1.807) is 12.4 Å². The number of hydrogen-bond acceptors (Lipinski definition) is 6. The van der Waals surface area contributed by atoms with Crippen LogP contribution in [0.4, 0.5) is 16.6 Å². The third-order valence-electron chi connectivity index (χ3n) is 4.80. The number of nitrogens with one attached hydrogen (secondary N) is 1. The van der Waals surface area contributed by atoms with Gasteiger partial charge in [0.2, 0.25) is 5.95 Å². The lowest BCUT2D eigenvalue weighted by Crippen LogP contribution is -2.42. The second kappa shape index (κ2) is 8.66. The highest BCUT2D eigenvalue weighted by Crippen LogP contribution is 2.25. The van der Waals surface area contributed by atoms with E-state index in [-0.39, 0.29) is 6.04 Å². The van der Waals surface area contributed by atoms with Crippen LogP contribution in [0.25, 0.3) is 0 Å². The number of amides is 2. The number of primary amides is 1. The van der Waals surface area contributed by atoms with Crippen LogP contribution >= 0.6 is 0 Å². The molecule has 1 saturated heterocycles. The normalized spacial score (nSPS) is 16.4. The number of nitrogens with zero attached hydrogens (tertiary/aromatic N) is 5. The fourth-order valence-corrected chi connectivity index (χ4v) is 3.42. The van der Waals surface area contributed by atoms with Gasteiger partial charge in [-0.25, -0.2) is 9.78 Å². The zero-order valence-electron chi connectivity index (χ0n) is 15.9. The number of rotatable bonds is 7. The minimum absolute atomic E-state index is 0.169. The number of hydrogen-bond donors (Lipinski definition) is 2. The van der Waals surface area contributed by atoms with E-state index < -0.39 is 6.03 Å². The Hall–Kier alpha value is -2.90. The highest BCUT2D eigenvalue weighted by atomic mass is 16.2. The van der Waals surface area contributed by atoms with Crippen molar-refractivity contribution in [1.82, 2.24) is 20.3 Å². The van der Waals surface area contributed by atoms with Gasteiger partial charge in [-0.3, -0.25) is 4.98 Å². The van der Waals surface area contributed by atoms with E-state index in [4.69, 9.17) is 10.7 Å². The standard InChI is InChI=1S/C19H27N7O/c1-3-25(13-15-6-8-21-9-7-15)17-11-14(2)23-19(24-17)26-10-4-5-16(26)12-22-18(20)27/h6-9,11,16H,3-5,10,12-13H2,1-2H3,(H3,20,22,27)/t16-/m0/s1. The summed E-state index contributed by atoms with van der Waals surface area (Å²) in [5.41, 5.74) is 7.34. The first-order valence-corrected chi connectivity index (χ1v) is 9.36. The maximum absolute atomic E-state index is 11.1. The largest absolute Gasteiger partial charge is 0.352 e. The van der Waals surface area contributed by atoms with Crippen molar-refractivity contribution in [3.05, 3.63) is 41.9 Å². The van der Waals surface area contributed by atoms with Crippen molar-refractivity contribution in [1.29, 1.82) is 0 Å².